The molecule has 2 aromatic rings. The molecule has 0 radical (unpaired) electrons. The van der Waals surface area contributed by atoms with Crippen LogP contribution in [-0.2, 0) is 11.2 Å². The lowest BCUT2D eigenvalue weighted by Crippen LogP contribution is -2.34. The van der Waals surface area contributed by atoms with E-state index in [-0.39, 0.29) is 0 Å². The molecular weight excluding hydrogens is 443 g/mol. The van der Waals surface area contributed by atoms with Gasteiger partial charge in [0.1, 0.15) is 12.5 Å². The zero-order valence-corrected chi connectivity index (χ0v) is 19.8. The molecular formula is C26H30Cl2N2O2. The van der Waals surface area contributed by atoms with Gasteiger partial charge < -0.3 is 19.7 Å². The van der Waals surface area contributed by atoms with E-state index in [1.165, 1.54) is 5.56 Å². The summed E-state index contributed by atoms with van der Waals surface area (Å²) in [6.45, 7) is 8.35. The second kappa shape index (κ2) is 11.1. The van der Waals surface area contributed by atoms with E-state index >= 15 is 0 Å². The van der Waals surface area contributed by atoms with Crippen LogP contribution in [0.1, 0.15) is 30.4 Å². The maximum absolute atomic E-state index is 6.17. The van der Waals surface area contributed by atoms with Gasteiger partial charge in [-0.1, -0.05) is 41.9 Å². The third-order valence-corrected chi connectivity index (χ3v) is 6.83. The number of fused-ring (bicyclic) bond motifs is 1. The highest BCUT2D eigenvalue weighted by Gasteiger charge is 2.20. The molecule has 2 aromatic carbocycles. The van der Waals surface area contributed by atoms with Crippen LogP contribution in [0.2, 0.25) is 10.0 Å². The number of halogens is 2. The molecule has 0 spiro atoms. The van der Waals surface area contributed by atoms with Gasteiger partial charge >= 0.3 is 0 Å². The van der Waals surface area contributed by atoms with Gasteiger partial charge in [0.05, 0.1) is 16.7 Å². The molecule has 4 nitrogen and oxygen atoms in total. The van der Waals surface area contributed by atoms with E-state index in [2.05, 4.69) is 35.0 Å². The molecule has 2 aliphatic rings. The molecule has 1 fully saturated rings. The van der Waals surface area contributed by atoms with Gasteiger partial charge in [0, 0.05) is 31.1 Å². The Balaban J connectivity index is 1.24. The normalized spacial score (nSPS) is 17.4. The quantitative estimate of drug-likeness (QED) is 0.477. The van der Waals surface area contributed by atoms with E-state index < -0.39 is 0 Å². The Hall–Kier alpha value is -2.14. The van der Waals surface area contributed by atoms with Crippen molar-refractivity contribution in [2.45, 2.75) is 25.7 Å². The summed E-state index contributed by atoms with van der Waals surface area (Å²) in [6.07, 6.45) is 8.33. The zero-order valence-electron chi connectivity index (χ0n) is 18.3. The molecule has 0 unspecified atom stereocenters. The Kier molecular flexibility index (Phi) is 8.01. The molecule has 0 amide bonds. The summed E-state index contributed by atoms with van der Waals surface area (Å²) >= 11 is 12.1. The van der Waals surface area contributed by atoms with Crippen LogP contribution < -0.4 is 10.1 Å². The molecule has 1 saturated heterocycles. The highest BCUT2D eigenvalue weighted by molar-refractivity contribution is 6.42. The Morgan fingerprint density at radius 2 is 2.00 bits per heavy atom. The van der Waals surface area contributed by atoms with Crippen LogP contribution in [0.15, 0.2) is 54.8 Å². The molecule has 0 bridgehead atoms. The number of anilines is 1. The second-order valence-electron chi connectivity index (χ2n) is 8.39. The Morgan fingerprint density at radius 3 is 2.81 bits per heavy atom. The topological polar surface area (TPSA) is 33.7 Å². The number of aryl methyl sites for hydroxylation is 1. The number of rotatable bonds is 6. The smallest absolute Gasteiger partial charge is 0.119 e. The van der Waals surface area contributed by atoms with Gasteiger partial charge in [-0.3, -0.25) is 0 Å². The maximum Gasteiger partial charge on any atom is 0.119 e. The summed E-state index contributed by atoms with van der Waals surface area (Å²) in [4.78, 5) is 2.34. The minimum absolute atomic E-state index is 0.562. The number of hydrogen-bond acceptors (Lipinski definition) is 4. The third kappa shape index (κ3) is 6.22. The molecule has 0 aliphatic carbocycles. The van der Waals surface area contributed by atoms with Crippen molar-refractivity contribution in [1.29, 1.82) is 0 Å². The molecule has 6 heteroatoms. The number of nitrogens with zero attached hydrogens (tertiary/aromatic N) is 1. The molecule has 0 saturated carbocycles. The van der Waals surface area contributed by atoms with E-state index in [0.29, 0.717) is 22.7 Å². The van der Waals surface area contributed by atoms with Gasteiger partial charge in [0.25, 0.3) is 0 Å². The van der Waals surface area contributed by atoms with Gasteiger partial charge in [-0.2, -0.15) is 0 Å². The Bertz CT molecular complexity index is 968. The maximum atomic E-state index is 6.17. The standard InChI is InChI=1S/C26H30Cl2N2O2/c1-19(4-5-20-6-8-24(27)25(28)15-20)30-12-10-21(11-13-30)17-32-23-7-9-26-22(16-23)3-2-14-31-18-29-26/h4-9,15-16,21,29H,1-3,10-14,17-18H2/b5-4+. The summed E-state index contributed by atoms with van der Waals surface area (Å²) in [5, 5.41) is 4.46. The number of allylic oxidation sites excluding steroid dienone is 1. The average molecular weight is 473 g/mol. The van der Waals surface area contributed by atoms with Crippen molar-refractivity contribution in [3.63, 3.8) is 0 Å². The monoisotopic (exact) mass is 472 g/mol. The lowest BCUT2D eigenvalue weighted by molar-refractivity contribution is 0.147. The minimum atomic E-state index is 0.562. The third-order valence-electron chi connectivity index (χ3n) is 6.09. The van der Waals surface area contributed by atoms with Gasteiger partial charge in [0.2, 0.25) is 0 Å². The molecule has 2 heterocycles. The molecule has 0 aromatic heterocycles. The number of benzene rings is 2. The second-order valence-corrected chi connectivity index (χ2v) is 9.21. The van der Waals surface area contributed by atoms with E-state index in [1.54, 1.807) is 0 Å². The molecule has 32 heavy (non-hydrogen) atoms. The van der Waals surface area contributed by atoms with Crippen LogP contribution in [-0.4, -0.2) is 37.9 Å². The molecule has 170 valence electrons. The average Bonchev–Trinajstić information content (AvgIpc) is 2.79. The minimum Gasteiger partial charge on any atom is -0.493 e. The fourth-order valence-electron chi connectivity index (χ4n) is 4.12. The van der Waals surface area contributed by atoms with E-state index in [4.69, 9.17) is 32.7 Å². The first-order chi connectivity index (χ1) is 15.6. The van der Waals surface area contributed by atoms with Crippen LogP contribution in [0, 0.1) is 5.92 Å². The van der Waals surface area contributed by atoms with Gasteiger partial charge in [-0.25, -0.2) is 0 Å². The number of piperidine rings is 1. The Morgan fingerprint density at radius 1 is 1.16 bits per heavy atom. The molecule has 2 aliphatic heterocycles. The van der Waals surface area contributed by atoms with Crippen LogP contribution in [0.4, 0.5) is 5.69 Å². The fourth-order valence-corrected chi connectivity index (χ4v) is 4.43. The predicted octanol–water partition coefficient (Wildman–Crippen LogP) is 6.64. The van der Waals surface area contributed by atoms with Gasteiger partial charge in [-0.15, -0.1) is 0 Å². The Labute approximate surface area is 200 Å². The highest BCUT2D eigenvalue weighted by atomic mass is 35.5. The van der Waals surface area contributed by atoms with E-state index in [1.807, 2.05) is 30.4 Å². The van der Waals surface area contributed by atoms with Gasteiger partial charge in [-0.05, 0) is 79.1 Å². The van der Waals surface area contributed by atoms with Crippen molar-refractivity contribution in [2.75, 3.05) is 38.4 Å². The van der Waals surface area contributed by atoms with Crippen molar-refractivity contribution in [3.05, 3.63) is 75.9 Å². The summed E-state index contributed by atoms with van der Waals surface area (Å²) < 4.78 is 11.7. The SMILES string of the molecule is C=C(/C=C/c1ccc(Cl)c(Cl)c1)N1CCC(COc2ccc3c(c2)CCCOCN3)CC1. The van der Waals surface area contributed by atoms with Crippen LogP contribution >= 0.6 is 23.2 Å². The first kappa shape index (κ1) is 23.0. The largest absolute Gasteiger partial charge is 0.493 e. The summed E-state index contributed by atoms with van der Waals surface area (Å²) in [5.74, 6) is 1.52. The van der Waals surface area contributed by atoms with E-state index in [0.717, 1.165) is 74.7 Å². The highest BCUT2D eigenvalue weighted by Crippen LogP contribution is 2.27. The first-order valence-corrected chi connectivity index (χ1v) is 12.0. The molecule has 0 atom stereocenters. The van der Waals surface area contributed by atoms with E-state index in [9.17, 15) is 0 Å². The van der Waals surface area contributed by atoms with Crippen LogP contribution in [0.3, 0.4) is 0 Å². The number of ether oxygens (including phenoxy) is 2. The first-order valence-electron chi connectivity index (χ1n) is 11.2. The fraction of sp³-hybridized carbons (Fsp3) is 0.385. The summed E-state index contributed by atoms with van der Waals surface area (Å²) in [5.41, 5.74) is 4.50. The number of nitrogens with one attached hydrogen (secondary N) is 1. The molecule has 4 rings (SSSR count). The van der Waals surface area contributed by atoms with Crippen molar-refractivity contribution in [1.82, 2.24) is 4.90 Å². The van der Waals surface area contributed by atoms with Crippen molar-refractivity contribution in [3.8, 4) is 5.75 Å². The molecule has 1 N–H and O–H groups in total. The summed E-state index contributed by atoms with van der Waals surface area (Å²) in [7, 11) is 0. The van der Waals surface area contributed by atoms with Crippen LogP contribution in [0.25, 0.3) is 6.08 Å². The van der Waals surface area contributed by atoms with Crippen molar-refractivity contribution >= 4 is 35.0 Å². The zero-order chi connectivity index (χ0) is 22.3. The summed E-state index contributed by atoms with van der Waals surface area (Å²) in [6, 6.07) is 12.0. The number of likely N-dealkylation sites (tertiary alicyclic amines) is 1. The van der Waals surface area contributed by atoms with Crippen LogP contribution in [0.5, 0.6) is 5.75 Å². The predicted molar refractivity (Wildman–Crippen MR) is 134 cm³/mol. The van der Waals surface area contributed by atoms with Gasteiger partial charge in [0.15, 0.2) is 0 Å². The van der Waals surface area contributed by atoms with Crippen molar-refractivity contribution < 1.29 is 9.47 Å². The lowest BCUT2D eigenvalue weighted by atomic mass is 9.97. The van der Waals surface area contributed by atoms with Crippen molar-refractivity contribution in [2.24, 2.45) is 5.92 Å². The number of hydrogen-bond donors (Lipinski definition) is 1. The lowest BCUT2D eigenvalue weighted by Gasteiger charge is -2.33.